The van der Waals surface area contributed by atoms with Crippen LogP contribution in [0.5, 0.6) is 0 Å². The molecule has 0 saturated carbocycles. The van der Waals surface area contributed by atoms with Gasteiger partial charge in [-0.1, -0.05) is 0 Å². The number of nitrogen functional groups attached to an aromatic ring is 1. The molecule has 2 aliphatic heterocycles. The number of piperidine rings is 1. The summed E-state index contributed by atoms with van der Waals surface area (Å²) < 4.78 is 0. The molecule has 0 aromatic carbocycles. The Hall–Kier alpha value is -2.71. The Morgan fingerprint density at radius 3 is 2.56 bits per heavy atom. The largest absolute Gasteiger partial charge is 0.368 e. The zero-order chi connectivity index (χ0) is 19.2. The Balaban J connectivity index is 1.53. The molecular weight excluding hydrogens is 346 g/mol. The number of hydrogen-bond acceptors (Lipinski definition) is 7. The van der Waals surface area contributed by atoms with Crippen LogP contribution in [0.3, 0.4) is 0 Å². The minimum absolute atomic E-state index is 0.0815. The molecule has 3 heterocycles. The standard InChI is InChI=1S/C18H25N7O2/c1-24(2)17-22-15(27)18(23-17)7-9-25(10-8-18)14(26)13-11-5-3-4-6-12(11)20-16(19)21-13/h3-10H2,1-2H3,(H2,19,20,21)(H,22,23,27). The molecule has 144 valence electrons. The number of rotatable bonds is 1. The molecule has 2 amide bonds. The molecule has 9 heteroatoms. The number of guanidine groups is 1. The van der Waals surface area contributed by atoms with E-state index in [4.69, 9.17) is 5.73 Å². The number of nitrogens with zero attached hydrogens (tertiary/aromatic N) is 5. The molecule has 3 N–H and O–H groups in total. The Labute approximate surface area is 158 Å². The molecule has 1 saturated heterocycles. The van der Waals surface area contributed by atoms with Gasteiger partial charge in [0.15, 0.2) is 0 Å². The fraction of sp³-hybridized carbons (Fsp3) is 0.611. The summed E-state index contributed by atoms with van der Waals surface area (Å²) in [4.78, 5) is 42.3. The lowest BCUT2D eigenvalue weighted by Gasteiger charge is -2.35. The summed E-state index contributed by atoms with van der Waals surface area (Å²) in [5, 5.41) is 2.83. The summed E-state index contributed by atoms with van der Waals surface area (Å²) >= 11 is 0. The summed E-state index contributed by atoms with van der Waals surface area (Å²) in [6.07, 6.45) is 4.76. The van der Waals surface area contributed by atoms with Gasteiger partial charge in [0.25, 0.3) is 11.8 Å². The second-order valence-electron chi connectivity index (χ2n) is 7.67. The number of anilines is 1. The second kappa shape index (κ2) is 6.47. The van der Waals surface area contributed by atoms with Gasteiger partial charge in [0.05, 0.1) is 0 Å². The van der Waals surface area contributed by atoms with Crippen molar-refractivity contribution in [2.75, 3.05) is 32.9 Å². The van der Waals surface area contributed by atoms with E-state index in [-0.39, 0.29) is 17.8 Å². The number of fused-ring (bicyclic) bond motifs is 1. The zero-order valence-corrected chi connectivity index (χ0v) is 15.8. The van der Waals surface area contributed by atoms with Gasteiger partial charge in [0.2, 0.25) is 11.9 Å². The predicted octanol–water partition coefficient (Wildman–Crippen LogP) is -0.0402. The van der Waals surface area contributed by atoms with E-state index in [0.29, 0.717) is 37.6 Å². The topological polar surface area (TPSA) is 117 Å². The van der Waals surface area contributed by atoms with Crippen LogP contribution in [-0.4, -0.2) is 70.3 Å². The third kappa shape index (κ3) is 3.00. The van der Waals surface area contributed by atoms with Gasteiger partial charge in [-0.05, 0) is 38.5 Å². The molecule has 4 rings (SSSR count). The van der Waals surface area contributed by atoms with E-state index in [9.17, 15) is 9.59 Å². The van der Waals surface area contributed by atoms with Gasteiger partial charge in [-0.25, -0.2) is 15.0 Å². The molecule has 1 fully saturated rings. The average molecular weight is 371 g/mol. The Bertz CT molecular complexity index is 825. The number of aliphatic imine (C=N–C) groups is 1. The number of aryl methyl sites for hydroxylation is 1. The Kier molecular flexibility index (Phi) is 4.24. The minimum atomic E-state index is -0.763. The molecule has 0 bridgehead atoms. The fourth-order valence-electron chi connectivity index (χ4n) is 4.07. The Morgan fingerprint density at radius 2 is 1.89 bits per heavy atom. The number of nitrogens with two attached hydrogens (primary N) is 1. The van der Waals surface area contributed by atoms with Crippen LogP contribution in [-0.2, 0) is 17.6 Å². The first-order chi connectivity index (χ1) is 12.9. The molecule has 1 aliphatic carbocycles. The van der Waals surface area contributed by atoms with Crippen LogP contribution < -0.4 is 11.1 Å². The van der Waals surface area contributed by atoms with E-state index in [1.807, 2.05) is 14.1 Å². The van der Waals surface area contributed by atoms with Crippen molar-refractivity contribution in [3.63, 3.8) is 0 Å². The molecule has 0 unspecified atom stereocenters. The summed E-state index contributed by atoms with van der Waals surface area (Å²) in [6.45, 7) is 0.935. The number of amides is 2. The van der Waals surface area contributed by atoms with E-state index in [0.717, 1.165) is 36.9 Å². The Morgan fingerprint density at radius 1 is 1.19 bits per heavy atom. The smallest absolute Gasteiger partial charge is 0.272 e. The van der Waals surface area contributed by atoms with Gasteiger partial charge < -0.3 is 15.5 Å². The first-order valence-corrected chi connectivity index (χ1v) is 9.43. The van der Waals surface area contributed by atoms with Crippen molar-refractivity contribution >= 4 is 23.7 Å². The number of aromatic nitrogens is 2. The number of carbonyl (C=O) groups excluding carboxylic acids is 2. The average Bonchev–Trinajstić information content (AvgIpc) is 2.97. The van der Waals surface area contributed by atoms with Gasteiger partial charge in [-0.15, -0.1) is 0 Å². The first-order valence-electron chi connectivity index (χ1n) is 9.43. The van der Waals surface area contributed by atoms with Crippen molar-refractivity contribution in [1.82, 2.24) is 25.1 Å². The fourth-order valence-corrected chi connectivity index (χ4v) is 4.07. The van der Waals surface area contributed by atoms with E-state index in [2.05, 4.69) is 20.3 Å². The maximum absolute atomic E-state index is 13.1. The lowest BCUT2D eigenvalue weighted by atomic mass is 9.87. The van der Waals surface area contributed by atoms with Crippen LogP contribution in [0.1, 0.15) is 47.4 Å². The van der Waals surface area contributed by atoms with Crippen LogP contribution in [0.25, 0.3) is 0 Å². The van der Waals surface area contributed by atoms with Crippen LogP contribution in [0.15, 0.2) is 4.99 Å². The van der Waals surface area contributed by atoms with Crippen LogP contribution >= 0.6 is 0 Å². The number of nitrogens with one attached hydrogen (secondary N) is 1. The maximum Gasteiger partial charge on any atom is 0.272 e. The second-order valence-corrected chi connectivity index (χ2v) is 7.67. The van der Waals surface area contributed by atoms with Crippen molar-refractivity contribution in [2.24, 2.45) is 4.99 Å². The van der Waals surface area contributed by atoms with Crippen molar-refractivity contribution in [2.45, 2.75) is 44.1 Å². The van der Waals surface area contributed by atoms with Gasteiger partial charge >= 0.3 is 0 Å². The van der Waals surface area contributed by atoms with Gasteiger partial charge in [-0.2, -0.15) is 0 Å². The highest BCUT2D eigenvalue weighted by Gasteiger charge is 2.47. The van der Waals surface area contributed by atoms with Crippen LogP contribution in [0.2, 0.25) is 0 Å². The normalized spacial score (nSPS) is 20.9. The van der Waals surface area contributed by atoms with E-state index >= 15 is 0 Å². The highest BCUT2D eigenvalue weighted by Crippen LogP contribution is 2.31. The van der Waals surface area contributed by atoms with Gasteiger partial charge in [-0.3, -0.25) is 14.9 Å². The monoisotopic (exact) mass is 371 g/mol. The van der Waals surface area contributed by atoms with Crippen molar-refractivity contribution in [1.29, 1.82) is 0 Å². The van der Waals surface area contributed by atoms with Crippen molar-refractivity contribution in [3.8, 4) is 0 Å². The van der Waals surface area contributed by atoms with E-state index < -0.39 is 5.54 Å². The zero-order valence-electron chi connectivity index (χ0n) is 15.8. The van der Waals surface area contributed by atoms with Gasteiger partial charge in [0, 0.05) is 38.4 Å². The summed E-state index contributed by atoms with van der Waals surface area (Å²) in [7, 11) is 3.69. The SMILES string of the molecule is CN(C)C1=NC2(CCN(C(=O)c3nc(N)nc4c3CCCC4)CC2)C(=O)N1. The predicted molar refractivity (Wildman–Crippen MR) is 100 cm³/mol. The highest BCUT2D eigenvalue weighted by molar-refractivity contribution is 6.07. The third-order valence-corrected chi connectivity index (χ3v) is 5.67. The molecule has 0 radical (unpaired) electrons. The number of carbonyl (C=O) groups is 2. The lowest BCUT2D eigenvalue weighted by Crippen LogP contribution is -2.51. The molecular formula is C18H25N7O2. The van der Waals surface area contributed by atoms with Crippen molar-refractivity contribution < 1.29 is 9.59 Å². The molecule has 9 nitrogen and oxygen atoms in total. The molecule has 3 aliphatic rings. The summed E-state index contributed by atoms with van der Waals surface area (Å²) in [6, 6.07) is 0. The lowest BCUT2D eigenvalue weighted by molar-refractivity contribution is -0.125. The summed E-state index contributed by atoms with van der Waals surface area (Å²) in [5.41, 5.74) is 7.35. The van der Waals surface area contributed by atoms with E-state index in [1.54, 1.807) is 9.80 Å². The number of hydrogen-bond donors (Lipinski definition) is 2. The quantitative estimate of drug-likeness (QED) is 0.715. The highest BCUT2D eigenvalue weighted by atomic mass is 16.2. The third-order valence-electron chi connectivity index (χ3n) is 5.67. The first kappa shape index (κ1) is 17.7. The van der Waals surface area contributed by atoms with Crippen LogP contribution in [0, 0.1) is 0 Å². The molecule has 1 spiro atoms. The van der Waals surface area contributed by atoms with E-state index in [1.165, 1.54) is 0 Å². The molecule has 1 aromatic heterocycles. The minimum Gasteiger partial charge on any atom is -0.368 e. The van der Waals surface area contributed by atoms with Crippen LogP contribution in [0.4, 0.5) is 5.95 Å². The molecule has 0 atom stereocenters. The number of likely N-dealkylation sites (tertiary alicyclic amines) is 1. The molecule has 1 aromatic rings. The van der Waals surface area contributed by atoms with Crippen molar-refractivity contribution in [3.05, 3.63) is 17.0 Å². The molecule has 27 heavy (non-hydrogen) atoms. The maximum atomic E-state index is 13.1. The summed E-state index contributed by atoms with van der Waals surface area (Å²) in [5.74, 6) is 0.537. The van der Waals surface area contributed by atoms with Gasteiger partial charge in [0.1, 0.15) is 11.2 Å².